The Kier molecular flexibility index (Phi) is 4.89. The Hall–Kier alpha value is -1.70. The molecule has 1 heterocycles. The number of carbonyl (C=O) groups excluding carboxylic acids is 1. The van der Waals surface area contributed by atoms with Gasteiger partial charge in [-0.2, -0.15) is 0 Å². The van der Waals surface area contributed by atoms with Gasteiger partial charge in [0.15, 0.2) is 0 Å². The van der Waals surface area contributed by atoms with Gasteiger partial charge in [-0.05, 0) is 12.1 Å². The summed E-state index contributed by atoms with van der Waals surface area (Å²) in [7, 11) is 0. The molecule has 1 amide bonds. The molecule has 1 fully saturated rings. The summed E-state index contributed by atoms with van der Waals surface area (Å²) in [5, 5.41) is 16.7. The first-order valence-electron chi connectivity index (χ1n) is 6.23. The summed E-state index contributed by atoms with van der Waals surface area (Å²) in [6.07, 6.45) is 0. The molecule has 0 radical (unpaired) electrons. The van der Waals surface area contributed by atoms with Crippen LogP contribution in [0.3, 0.4) is 0 Å². The fourth-order valence-electron chi connectivity index (χ4n) is 2.00. The quantitative estimate of drug-likeness (QED) is 0.642. The Morgan fingerprint density at radius 1 is 1.45 bits per heavy atom. The van der Waals surface area contributed by atoms with Gasteiger partial charge in [0.25, 0.3) is 5.69 Å². The second-order valence-electron chi connectivity index (χ2n) is 4.50. The minimum Gasteiger partial charge on any atom is -0.325 e. The second kappa shape index (κ2) is 6.65. The molecule has 1 aliphatic rings. The Bertz CT molecular complexity index is 517. The van der Waals surface area contributed by atoms with Gasteiger partial charge in [-0.25, -0.2) is 0 Å². The molecule has 0 saturated carbocycles. The van der Waals surface area contributed by atoms with Crippen molar-refractivity contribution in [2.45, 2.75) is 0 Å². The first-order valence-corrected chi connectivity index (χ1v) is 6.61. The first kappa shape index (κ1) is 14.7. The van der Waals surface area contributed by atoms with E-state index < -0.39 is 4.92 Å². The third kappa shape index (κ3) is 3.89. The molecule has 1 saturated heterocycles. The third-order valence-corrected chi connectivity index (χ3v) is 3.32. The Morgan fingerprint density at radius 2 is 2.15 bits per heavy atom. The van der Waals surface area contributed by atoms with Crippen LogP contribution in [0.15, 0.2) is 18.2 Å². The lowest BCUT2D eigenvalue weighted by molar-refractivity contribution is -0.384. The molecular formula is C12H15ClN4O3. The van der Waals surface area contributed by atoms with E-state index in [1.54, 1.807) is 6.07 Å². The summed E-state index contributed by atoms with van der Waals surface area (Å²) in [5.74, 6) is -0.191. The van der Waals surface area contributed by atoms with E-state index in [1.807, 2.05) is 4.90 Å². The molecule has 2 N–H and O–H groups in total. The number of benzene rings is 1. The molecular weight excluding hydrogens is 284 g/mol. The fraction of sp³-hybridized carbons (Fsp3) is 0.417. The predicted octanol–water partition coefficient (Wildman–Crippen LogP) is 1.09. The molecule has 0 spiro atoms. The van der Waals surface area contributed by atoms with Crippen LogP contribution in [0.25, 0.3) is 0 Å². The average Bonchev–Trinajstić information content (AvgIpc) is 2.41. The van der Waals surface area contributed by atoms with Crippen LogP contribution in [-0.2, 0) is 4.79 Å². The standard InChI is InChI=1S/C12H15ClN4O3/c13-10-2-1-9(7-11(10)17(19)20)15-12(18)8-16-5-3-14-4-6-16/h1-2,7,14H,3-6,8H2,(H,15,18). The summed E-state index contributed by atoms with van der Waals surface area (Å²) in [5.41, 5.74) is 0.160. The average molecular weight is 299 g/mol. The number of halogens is 1. The minimum absolute atomic E-state index is 0.0510. The Morgan fingerprint density at radius 3 is 2.80 bits per heavy atom. The van der Waals surface area contributed by atoms with Crippen LogP contribution in [0.1, 0.15) is 0 Å². The summed E-state index contributed by atoms with van der Waals surface area (Å²) in [6, 6.07) is 4.21. The number of carbonyl (C=O) groups is 1. The molecule has 0 aromatic heterocycles. The van der Waals surface area contributed by atoms with Crippen molar-refractivity contribution < 1.29 is 9.72 Å². The van der Waals surface area contributed by atoms with Gasteiger partial charge < -0.3 is 10.6 Å². The van der Waals surface area contributed by atoms with Crippen LogP contribution in [0.5, 0.6) is 0 Å². The molecule has 108 valence electrons. The number of nitrogens with one attached hydrogen (secondary N) is 2. The van der Waals surface area contributed by atoms with Crippen molar-refractivity contribution in [3.8, 4) is 0 Å². The van der Waals surface area contributed by atoms with Crippen LogP contribution >= 0.6 is 11.6 Å². The van der Waals surface area contributed by atoms with Gasteiger partial charge in [-0.1, -0.05) is 11.6 Å². The SMILES string of the molecule is O=C(CN1CCNCC1)Nc1ccc(Cl)c([N+](=O)[O-])c1. The number of nitrogens with zero attached hydrogens (tertiary/aromatic N) is 2. The topological polar surface area (TPSA) is 87.5 Å². The maximum atomic E-state index is 11.9. The van der Waals surface area contributed by atoms with Gasteiger partial charge in [0, 0.05) is 37.9 Å². The van der Waals surface area contributed by atoms with E-state index in [4.69, 9.17) is 11.6 Å². The van der Waals surface area contributed by atoms with Crippen LogP contribution in [0, 0.1) is 10.1 Å². The maximum absolute atomic E-state index is 11.9. The summed E-state index contributed by atoms with van der Waals surface area (Å²) >= 11 is 5.71. The van der Waals surface area contributed by atoms with Crippen LogP contribution in [-0.4, -0.2) is 48.5 Å². The number of nitro benzene ring substituents is 1. The summed E-state index contributed by atoms with van der Waals surface area (Å²) in [6.45, 7) is 3.62. The molecule has 1 aromatic rings. The van der Waals surface area contributed by atoms with Crippen molar-refractivity contribution in [3.05, 3.63) is 33.3 Å². The van der Waals surface area contributed by atoms with E-state index in [0.29, 0.717) is 5.69 Å². The lowest BCUT2D eigenvalue weighted by atomic mass is 10.2. The zero-order valence-corrected chi connectivity index (χ0v) is 11.5. The van der Waals surface area contributed by atoms with E-state index in [2.05, 4.69) is 10.6 Å². The van der Waals surface area contributed by atoms with Gasteiger partial charge in [0.1, 0.15) is 5.02 Å². The lowest BCUT2D eigenvalue weighted by Crippen LogP contribution is -2.46. The van der Waals surface area contributed by atoms with Crippen molar-refractivity contribution in [2.75, 3.05) is 38.0 Å². The van der Waals surface area contributed by atoms with E-state index in [9.17, 15) is 14.9 Å². The molecule has 0 aliphatic carbocycles. The van der Waals surface area contributed by atoms with Crippen molar-refractivity contribution >= 4 is 28.9 Å². The monoisotopic (exact) mass is 298 g/mol. The van der Waals surface area contributed by atoms with Gasteiger partial charge in [-0.3, -0.25) is 19.8 Å². The third-order valence-electron chi connectivity index (χ3n) is 3.00. The molecule has 2 rings (SSSR count). The number of anilines is 1. The highest BCUT2D eigenvalue weighted by Crippen LogP contribution is 2.27. The second-order valence-corrected chi connectivity index (χ2v) is 4.90. The van der Waals surface area contributed by atoms with Crippen molar-refractivity contribution in [3.63, 3.8) is 0 Å². The minimum atomic E-state index is -0.575. The number of rotatable bonds is 4. The highest BCUT2D eigenvalue weighted by molar-refractivity contribution is 6.32. The molecule has 7 nitrogen and oxygen atoms in total. The summed E-state index contributed by atoms with van der Waals surface area (Å²) < 4.78 is 0. The van der Waals surface area contributed by atoms with Crippen LogP contribution < -0.4 is 10.6 Å². The number of amides is 1. The molecule has 8 heteroatoms. The number of nitro groups is 1. The van der Waals surface area contributed by atoms with Gasteiger partial charge in [-0.15, -0.1) is 0 Å². The zero-order valence-electron chi connectivity index (χ0n) is 10.8. The highest BCUT2D eigenvalue weighted by Gasteiger charge is 2.16. The summed E-state index contributed by atoms with van der Waals surface area (Å²) in [4.78, 5) is 24.1. The van der Waals surface area contributed by atoms with Crippen molar-refractivity contribution in [1.82, 2.24) is 10.2 Å². The smallest absolute Gasteiger partial charge is 0.289 e. The lowest BCUT2D eigenvalue weighted by Gasteiger charge is -2.26. The van der Waals surface area contributed by atoms with Gasteiger partial charge in [0.2, 0.25) is 5.91 Å². The molecule has 0 bridgehead atoms. The largest absolute Gasteiger partial charge is 0.325 e. The molecule has 1 aliphatic heterocycles. The normalized spacial score (nSPS) is 15.8. The number of hydrogen-bond donors (Lipinski definition) is 2. The van der Waals surface area contributed by atoms with Gasteiger partial charge >= 0.3 is 0 Å². The van der Waals surface area contributed by atoms with Gasteiger partial charge in [0.05, 0.1) is 11.5 Å². The molecule has 1 aromatic carbocycles. The first-order chi connectivity index (χ1) is 9.56. The molecule has 0 atom stereocenters. The van der Waals surface area contributed by atoms with Crippen LogP contribution in [0.2, 0.25) is 5.02 Å². The van der Waals surface area contributed by atoms with E-state index in [0.717, 1.165) is 26.2 Å². The fourth-order valence-corrected chi connectivity index (χ4v) is 2.19. The van der Waals surface area contributed by atoms with Crippen molar-refractivity contribution in [1.29, 1.82) is 0 Å². The highest BCUT2D eigenvalue weighted by atomic mass is 35.5. The Labute approximate surface area is 121 Å². The molecule has 0 unspecified atom stereocenters. The maximum Gasteiger partial charge on any atom is 0.289 e. The molecule has 20 heavy (non-hydrogen) atoms. The number of piperazine rings is 1. The van der Waals surface area contributed by atoms with E-state index >= 15 is 0 Å². The van der Waals surface area contributed by atoms with E-state index in [1.165, 1.54) is 12.1 Å². The van der Waals surface area contributed by atoms with Crippen LogP contribution in [0.4, 0.5) is 11.4 Å². The zero-order chi connectivity index (χ0) is 14.5. The predicted molar refractivity (Wildman–Crippen MR) is 76.0 cm³/mol. The van der Waals surface area contributed by atoms with E-state index in [-0.39, 0.29) is 23.2 Å². The Balaban J connectivity index is 1.96. The van der Waals surface area contributed by atoms with Crippen molar-refractivity contribution in [2.24, 2.45) is 0 Å². The number of hydrogen-bond acceptors (Lipinski definition) is 5.